The van der Waals surface area contributed by atoms with Crippen LogP contribution in [-0.4, -0.2) is 47.9 Å². The van der Waals surface area contributed by atoms with E-state index in [0.29, 0.717) is 19.5 Å². The van der Waals surface area contributed by atoms with E-state index in [1.54, 1.807) is 11.9 Å². The van der Waals surface area contributed by atoms with Crippen molar-refractivity contribution in [2.75, 3.05) is 20.1 Å². The monoisotopic (exact) mass is 364 g/mol. The fraction of sp³-hybridized carbons (Fsp3) is 0.444. The summed E-state index contributed by atoms with van der Waals surface area (Å²) >= 11 is 0. The smallest absolute Gasteiger partial charge is 0.239 e. The number of halogens is 1. The molecule has 3 rings (SSSR count). The molecule has 25 heavy (non-hydrogen) atoms. The highest BCUT2D eigenvalue weighted by Crippen LogP contribution is 2.21. The number of aromatic nitrogens is 1. The molecular formula is C18H25ClN4O2. The Kier molecular flexibility index (Phi) is 6.45. The number of fused-ring (bicyclic) bond motifs is 1. The molecule has 1 aliphatic heterocycles. The predicted molar refractivity (Wildman–Crippen MR) is 101 cm³/mol. The topological polar surface area (TPSA) is 91.2 Å². The molecule has 2 atom stereocenters. The molecule has 1 aromatic carbocycles. The lowest BCUT2D eigenvalue weighted by Crippen LogP contribution is -2.50. The van der Waals surface area contributed by atoms with E-state index in [4.69, 9.17) is 5.73 Å². The molecule has 0 bridgehead atoms. The van der Waals surface area contributed by atoms with Gasteiger partial charge in [0.25, 0.3) is 0 Å². The Bertz CT molecular complexity index is 746. The van der Waals surface area contributed by atoms with Crippen molar-refractivity contribution in [3.05, 3.63) is 36.0 Å². The summed E-state index contributed by atoms with van der Waals surface area (Å²) in [5, 5.41) is 3.77. The summed E-state index contributed by atoms with van der Waals surface area (Å²) in [6.45, 7) is 1.13. The van der Waals surface area contributed by atoms with Crippen molar-refractivity contribution >= 4 is 35.1 Å². The molecule has 6 nitrogen and oxygen atoms in total. The highest BCUT2D eigenvalue weighted by atomic mass is 35.5. The number of nitrogens with two attached hydrogens (primary N) is 1. The van der Waals surface area contributed by atoms with Crippen molar-refractivity contribution in [2.45, 2.75) is 25.3 Å². The lowest BCUT2D eigenvalue weighted by Gasteiger charge is -2.33. The van der Waals surface area contributed by atoms with Gasteiger partial charge >= 0.3 is 0 Å². The number of amides is 2. The zero-order chi connectivity index (χ0) is 17.1. The van der Waals surface area contributed by atoms with Gasteiger partial charge in [-0.05, 0) is 30.9 Å². The Morgan fingerprint density at radius 1 is 1.40 bits per heavy atom. The first-order chi connectivity index (χ1) is 11.6. The number of aromatic amines is 1. The Morgan fingerprint density at radius 2 is 2.16 bits per heavy atom. The summed E-state index contributed by atoms with van der Waals surface area (Å²) in [6, 6.07) is 7.39. The number of benzene rings is 1. The second-order valence-corrected chi connectivity index (χ2v) is 6.41. The van der Waals surface area contributed by atoms with Gasteiger partial charge in [0.1, 0.15) is 0 Å². The molecule has 1 saturated heterocycles. The van der Waals surface area contributed by atoms with E-state index in [9.17, 15) is 9.59 Å². The molecule has 0 radical (unpaired) electrons. The molecule has 1 fully saturated rings. The quantitative estimate of drug-likeness (QED) is 0.766. The van der Waals surface area contributed by atoms with Gasteiger partial charge in [-0.2, -0.15) is 0 Å². The van der Waals surface area contributed by atoms with Crippen LogP contribution in [0.3, 0.4) is 0 Å². The normalized spacial score (nSPS) is 18.5. The molecule has 2 amide bonds. The van der Waals surface area contributed by atoms with Crippen LogP contribution in [0.25, 0.3) is 10.9 Å². The van der Waals surface area contributed by atoms with E-state index in [1.165, 1.54) is 0 Å². The summed E-state index contributed by atoms with van der Waals surface area (Å²) < 4.78 is 0. The lowest BCUT2D eigenvalue weighted by atomic mass is 9.96. The zero-order valence-electron chi connectivity index (χ0n) is 14.3. The van der Waals surface area contributed by atoms with Gasteiger partial charge in [0, 0.05) is 37.2 Å². The summed E-state index contributed by atoms with van der Waals surface area (Å²) in [5.41, 5.74) is 8.27. The summed E-state index contributed by atoms with van der Waals surface area (Å²) in [6.07, 6.45) is 4.07. The third-order valence-corrected chi connectivity index (χ3v) is 4.78. The Labute approximate surface area is 153 Å². The Hall–Kier alpha value is -2.05. The minimum Gasteiger partial charge on any atom is -0.361 e. The number of carbonyl (C=O) groups excluding carboxylic acids is 2. The number of nitrogens with zero attached hydrogens (tertiary/aromatic N) is 1. The van der Waals surface area contributed by atoms with Gasteiger partial charge < -0.3 is 20.9 Å². The lowest BCUT2D eigenvalue weighted by molar-refractivity contribution is -0.136. The van der Waals surface area contributed by atoms with Crippen molar-refractivity contribution < 1.29 is 9.59 Å². The number of carbonyl (C=O) groups is 2. The van der Waals surface area contributed by atoms with E-state index in [1.807, 2.05) is 30.5 Å². The standard InChI is InChI=1S/C18H24N4O2.ClH/c1-20-17(23)12-5-4-8-22(11-12)18(24)15(19)9-13-10-21-16-7-3-2-6-14(13)16;/h2-3,6-7,10,12,15,21H,4-5,8-9,11,19H2,1H3,(H,20,23);1H/t12?,15-;/m0./s1. The van der Waals surface area contributed by atoms with Crippen LogP contribution in [-0.2, 0) is 16.0 Å². The second kappa shape index (κ2) is 8.36. The number of rotatable bonds is 4. The molecular weight excluding hydrogens is 340 g/mol. The Morgan fingerprint density at radius 3 is 2.92 bits per heavy atom. The highest BCUT2D eigenvalue weighted by molar-refractivity contribution is 5.87. The fourth-order valence-electron chi connectivity index (χ4n) is 3.45. The van der Waals surface area contributed by atoms with E-state index in [2.05, 4.69) is 10.3 Å². The van der Waals surface area contributed by atoms with E-state index < -0.39 is 6.04 Å². The number of hydrogen-bond acceptors (Lipinski definition) is 3. The maximum absolute atomic E-state index is 12.7. The molecule has 0 spiro atoms. The van der Waals surface area contributed by atoms with E-state index in [0.717, 1.165) is 29.3 Å². The zero-order valence-corrected chi connectivity index (χ0v) is 15.1. The third kappa shape index (κ3) is 4.14. The van der Waals surface area contributed by atoms with E-state index >= 15 is 0 Å². The largest absolute Gasteiger partial charge is 0.361 e. The van der Waals surface area contributed by atoms with Gasteiger partial charge in [-0.3, -0.25) is 9.59 Å². The molecule has 1 aromatic heterocycles. The summed E-state index contributed by atoms with van der Waals surface area (Å²) in [5.74, 6) is -0.209. The third-order valence-electron chi connectivity index (χ3n) is 4.78. The van der Waals surface area contributed by atoms with Crippen LogP contribution in [0.4, 0.5) is 0 Å². The average Bonchev–Trinajstić information content (AvgIpc) is 3.03. The molecule has 136 valence electrons. The van der Waals surface area contributed by atoms with Crippen LogP contribution in [0.15, 0.2) is 30.5 Å². The predicted octanol–water partition coefficient (Wildman–Crippen LogP) is 1.44. The van der Waals surface area contributed by atoms with Crippen molar-refractivity contribution in [3.63, 3.8) is 0 Å². The number of likely N-dealkylation sites (tertiary alicyclic amines) is 1. The molecule has 4 N–H and O–H groups in total. The molecule has 7 heteroatoms. The summed E-state index contributed by atoms with van der Waals surface area (Å²) in [7, 11) is 1.63. The highest BCUT2D eigenvalue weighted by Gasteiger charge is 2.30. The number of H-pyrrole nitrogens is 1. The minimum absolute atomic E-state index is 0. The average molecular weight is 365 g/mol. The molecule has 2 heterocycles. The van der Waals surface area contributed by atoms with Crippen molar-refractivity contribution in [1.29, 1.82) is 0 Å². The maximum Gasteiger partial charge on any atom is 0.239 e. The Balaban J connectivity index is 0.00000225. The van der Waals surface area contributed by atoms with Crippen molar-refractivity contribution in [2.24, 2.45) is 11.7 Å². The molecule has 2 aromatic rings. The first-order valence-corrected chi connectivity index (χ1v) is 8.41. The van der Waals surface area contributed by atoms with Crippen molar-refractivity contribution in [3.8, 4) is 0 Å². The van der Waals surface area contributed by atoms with Crippen LogP contribution in [0.2, 0.25) is 0 Å². The molecule has 0 aliphatic carbocycles. The van der Waals surface area contributed by atoms with Crippen LogP contribution in [0, 0.1) is 5.92 Å². The second-order valence-electron chi connectivity index (χ2n) is 6.41. The fourth-order valence-corrected chi connectivity index (χ4v) is 3.45. The van der Waals surface area contributed by atoms with Crippen molar-refractivity contribution in [1.82, 2.24) is 15.2 Å². The first kappa shape index (κ1) is 19.3. The van der Waals surface area contributed by atoms with Gasteiger partial charge in [0.15, 0.2) is 0 Å². The van der Waals surface area contributed by atoms with E-state index in [-0.39, 0.29) is 30.1 Å². The van der Waals surface area contributed by atoms with Gasteiger partial charge in [0.05, 0.1) is 12.0 Å². The number of nitrogens with one attached hydrogen (secondary N) is 2. The number of para-hydroxylation sites is 1. The maximum atomic E-state index is 12.7. The number of piperidine rings is 1. The summed E-state index contributed by atoms with van der Waals surface area (Å²) in [4.78, 5) is 29.4. The van der Waals surface area contributed by atoms with Gasteiger partial charge in [0.2, 0.25) is 11.8 Å². The number of hydrogen-bond donors (Lipinski definition) is 3. The van der Waals surface area contributed by atoms with Gasteiger partial charge in [-0.15, -0.1) is 12.4 Å². The van der Waals surface area contributed by atoms with Crippen LogP contribution >= 0.6 is 12.4 Å². The molecule has 1 unspecified atom stereocenters. The van der Waals surface area contributed by atoms with Gasteiger partial charge in [-0.1, -0.05) is 18.2 Å². The SMILES string of the molecule is CNC(=O)C1CCCN(C(=O)[C@@H](N)Cc2c[nH]c3ccccc23)C1.Cl. The van der Waals surface area contributed by atoms with Crippen LogP contribution in [0.5, 0.6) is 0 Å². The first-order valence-electron chi connectivity index (χ1n) is 8.41. The molecule has 1 aliphatic rings. The molecule has 0 saturated carbocycles. The van der Waals surface area contributed by atoms with Crippen LogP contribution in [0.1, 0.15) is 18.4 Å². The van der Waals surface area contributed by atoms with Crippen LogP contribution < -0.4 is 11.1 Å². The van der Waals surface area contributed by atoms with Gasteiger partial charge in [-0.25, -0.2) is 0 Å². The minimum atomic E-state index is -0.590.